The molecule has 1 amide bonds. The van der Waals surface area contributed by atoms with Gasteiger partial charge in [-0.25, -0.2) is 9.31 Å². The van der Waals surface area contributed by atoms with Crippen molar-refractivity contribution in [1.82, 2.24) is 9.61 Å². The van der Waals surface area contributed by atoms with E-state index in [0.717, 1.165) is 0 Å². The average Bonchev–Trinajstić information content (AvgIpc) is 3.05. The number of nitrogens with zero attached hydrogens (tertiary/aromatic N) is 3. The fraction of sp³-hybridized carbons (Fsp3) is 0.118. The van der Waals surface area contributed by atoms with Crippen molar-refractivity contribution in [2.24, 2.45) is 0 Å². The molecule has 1 N–H and O–H groups in total. The number of anilines is 1. The standard InChI is InChI=1S/C17H14N4O5/c1-2-26-17(23)14-10-18-20-7-6-12(9-15(14)20)19-16(22)11-4-3-5-13(8-11)21(24)25/h3-10H,2H2,1H3,(H,19,22). The van der Waals surface area contributed by atoms with Crippen LogP contribution in [0.1, 0.15) is 27.6 Å². The van der Waals surface area contributed by atoms with Gasteiger partial charge in [-0.3, -0.25) is 14.9 Å². The molecule has 0 aliphatic heterocycles. The Morgan fingerprint density at radius 1 is 1.31 bits per heavy atom. The SMILES string of the molecule is CCOC(=O)c1cnn2ccc(NC(=O)c3cccc([N+](=O)[O-])c3)cc12. The molecule has 3 rings (SSSR count). The molecule has 0 bridgehead atoms. The molecule has 3 aromatic rings. The van der Waals surface area contributed by atoms with Gasteiger partial charge in [0.2, 0.25) is 0 Å². The third kappa shape index (κ3) is 3.36. The third-order valence-corrected chi connectivity index (χ3v) is 3.59. The number of benzene rings is 1. The minimum Gasteiger partial charge on any atom is -0.462 e. The molecule has 0 saturated carbocycles. The summed E-state index contributed by atoms with van der Waals surface area (Å²) in [4.78, 5) is 34.5. The van der Waals surface area contributed by atoms with Gasteiger partial charge in [0.15, 0.2) is 0 Å². The summed E-state index contributed by atoms with van der Waals surface area (Å²) in [5.74, 6) is -1.01. The van der Waals surface area contributed by atoms with E-state index in [1.807, 2.05) is 0 Å². The van der Waals surface area contributed by atoms with Crippen molar-refractivity contribution in [2.75, 3.05) is 11.9 Å². The first-order valence-electron chi connectivity index (χ1n) is 7.70. The monoisotopic (exact) mass is 354 g/mol. The van der Waals surface area contributed by atoms with Gasteiger partial charge in [0.25, 0.3) is 11.6 Å². The van der Waals surface area contributed by atoms with Crippen LogP contribution in [0.3, 0.4) is 0 Å². The number of fused-ring (bicyclic) bond motifs is 1. The quantitative estimate of drug-likeness (QED) is 0.428. The molecule has 0 fully saturated rings. The van der Waals surface area contributed by atoms with Crippen LogP contribution in [-0.2, 0) is 4.74 Å². The van der Waals surface area contributed by atoms with Crippen molar-refractivity contribution in [3.63, 3.8) is 0 Å². The Labute approximate surface area is 147 Å². The van der Waals surface area contributed by atoms with Crippen molar-refractivity contribution >= 4 is 28.8 Å². The Bertz CT molecular complexity index is 1010. The molecule has 2 heterocycles. The van der Waals surface area contributed by atoms with Gasteiger partial charge in [-0.15, -0.1) is 0 Å². The summed E-state index contributed by atoms with van der Waals surface area (Å²) in [7, 11) is 0. The van der Waals surface area contributed by atoms with Crippen LogP contribution >= 0.6 is 0 Å². The Morgan fingerprint density at radius 3 is 2.85 bits per heavy atom. The number of hydrogen-bond acceptors (Lipinski definition) is 6. The summed E-state index contributed by atoms with van der Waals surface area (Å²) < 4.78 is 6.46. The average molecular weight is 354 g/mol. The predicted molar refractivity (Wildman–Crippen MR) is 92.2 cm³/mol. The number of carbonyl (C=O) groups excluding carboxylic acids is 2. The van der Waals surface area contributed by atoms with Crippen LogP contribution in [0, 0.1) is 10.1 Å². The highest BCUT2D eigenvalue weighted by Gasteiger charge is 2.16. The molecule has 0 aliphatic rings. The summed E-state index contributed by atoms with van der Waals surface area (Å²) in [6.45, 7) is 1.94. The third-order valence-electron chi connectivity index (χ3n) is 3.59. The highest BCUT2D eigenvalue weighted by atomic mass is 16.6. The molecule has 26 heavy (non-hydrogen) atoms. The largest absolute Gasteiger partial charge is 0.462 e. The number of ether oxygens (including phenoxy) is 1. The predicted octanol–water partition coefficient (Wildman–Crippen LogP) is 2.67. The van der Waals surface area contributed by atoms with Gasteiger partial charge in [0, 0.05) is 29.6 Å². The van der Waals surface area contributed by atoms with E-state index >= 15 is 0 Å². The highest BCUT2D eigenvalue weighted by molar-refractivity contribution is 6.05. The van der Waals surface area contributed by atoms with E-state index in [9.17, 15) is 19.7 Å². The Morgan fingerprint density at radius 2 is 2.12 bits per heavy atom. The van der Waals surface area contributed by atoms with Gasteiger partial charge in [0.1, 0.15) is 5.56 Å². The number of non-ortho nitro benzene ring substituents is 1. The summed E-state index contributed by atoms with van der Waals surface area (Å²) in [5.41, 5.74) is 1.14. The molecule has 2 aromatic heterocycles. The van der Waals surface area contributed by atoms with Gasteiger partial charge in [0.05, 0.1) is 23.2 Å². The van der Waals surface area contributed by atoms with E-state index in [1.165, 1.54) is 35.0 Å². The normalized spacial score (nSPS) is 10.5. The van der Waals surface area contributed by atoms with Crippen molar-refractivity contribution in [3.8, 4) is 0 Å². The van der Waals surface area contributed by atoms with E-state index in [0.29, 0.717) is 11.2 Å². The van der Waals surface area contributed by atoms with Gasteiger partial charge in [-0.1, -0.05) is 6.07 Å². The minimum absolute atomic E-state index is 0.151. The lowest BCUT2D eigenvalue weighted by Crippen LogP contribution is -2.12. The van der Waals surface area contributed by atoms with E-state index < -0.39 is 16.8 Å². The maximum Gasteiger partial charge on any atom is 0.341 e. The highest BCUT2D eigenvalue weighted by Crippen LogP contribution is 2.19. The zero-order chi connectivity index (χ0) is 18.7. The van der Waals surface area contributed by atoms with Crippen LogP contribution in [0.2, 0.25) is 0 Å². The molecule has 0 aliphatic carbocycles. The number of rotatable bonds is 5. The van der Waals surface area contributed by atoms with Crippen molar-refractivity contribution in [3.05, 3.63) is 70.0 Å². The summed E-state index contributed by atoms with van der Waals surface area (Å²) >= 11 is 0. The lowest BCUT2D eigenvalue weighted by Gasteiger charge is -2.06. The topological polar surface area (TPSA) is 116 Å². The van der Waals surface area contributed by atoms with E-state index in [1.54, 1.807) is 25.3 Å². The molecule has 9 heteroatoms. The molecule has 1 aromatic carbocycles. The first-order valence-corrected chi connectivity index (χ1v) is 7.70. The molecule has 0 radical (unpaired) electrons. The number of nitro benzene ring substituents is 1. The lowest BCUT2D eigenvalue weighted by molar-refractivity contribution is -0.384. The number of amides is 1. The van der Waals surface area contributed by atoms with Crippen molar-refractivity contribution in [2.45, 2.75) is 6.92 Å². The number of carbonyl (C=O) groups is 2. The Balaban J connectivity index is 1.88. The van der Waals surface area contributed by atoms with Gasteiger partial charge in [-0.2, -0.15) is 5.10 Å². The second kappa shape index (κ2) is 7.01. The van der Waals surface area contributed by atoms with Crippen LogP contribution in [0.4, 0.5) is 11.4 Å². The van der Waals surface area contributed by atoms with Crippen molar-refractivity contribution < 1.29 is 19.2 Å². The Hall–Kier alpha value is -3.75. The Kier molecular flexibility index (Phi) is 4.61. The summed E-state index contributed by atoms with van der Waals surface area (Å²) in [6.07, 6.45) is 2.97. The molecule has 0 saturated heterocycles. The first-order chi connectivity index (χ1) is 12.5. The zero-order valence-corrected chi connectivity index (χ0v) is 13.7. The summed E-state index contributed by atoms with van der Waals surface area (Å²) in [6, 6.07) is 8.59. The second-order valence-electron chi connectivity index (χ2n) is 5.29. The lowest BCUT2D eigenvalue weighted by atomic mass is 10.2. The van der Waals surface area contributed by atoms with Crippen LogP contribution in [0.25, 0.3) is 5.52 Å². The van der Waals surface area contributed by atoms with Crippen LogP contribution < -0.4 is 5.32 Å². The zero-order valence-electron chi connectivity index (χ0n) is 13.7. The maximum atomic E-state index is 12.3. The molecule has 0 unspecified atom stereocenters. The molecule has 132 valence electrons. The smallest absolute Gasteiger partial charge is 0.341 e. The fourth-order valence-corrected chi connectivity index (χ4v) is 2.39. The number of nitrogens with one attached hydrogen (secondary N) is 1. The van der Waals surface area contributed by atoms with Gasteiger partial charge in [-0.05, 0) is 25.1 Å². The number of aromatic nitrogens is 2. The molecule has 0 spiro atoms. The van der Waals surface area contributed by atoms with E-state index in [-0.39, 0.29) is 23.4 Å². The molecular formula is C17H14N4O5. The fourth-order valence-electron chi connectivity index (χ4n) is 2.39. The van der Waals surface area contributed by atoms with Crippen LogP contribution in [0.15, 0.2) is 48.8 Å². The van der Waals surface area contributed by atoms with E-state index in [2.05, 4.69) is 10.4 Å². The van der Waals surface area contributed by atoms with Crippen molar-refractivity contribution in [1.29, 1.82) is 0 Å². The van der Waals surface area contributed by atoms with Gasteiger partial charge < -0.3 is 10.1 Å². The first kappa shape index (κ1) is 17.1. The van der Waals surface area contributed by atoms with E-state index in [4.69, 9.17) is 4.74 Å². The van der Waals surface area contributed by atoms with Crippen LogP contribution in [0.5, 0.6) is 0 Å². The molecular weight excluding hydrogens is 340 g/mol. The van der Waals surface area contributed by atoms with Crippen LogP contribution in [-0.4, -0.2) is 33.0 Å². The number of hydrogen-bond donors (Lipinski definition) is 1. The number of pyridine rings is 1. The number of esters is 1. The molecule has 0 atom stereocenters. The van der Waals surface area contributed by atoms with Gasteiger partial charge >= 0.3 is 5.97 Å². The molecule has 9 nitrogen and oxygen atoms in total. The maximum absolute atomic E-state index is 12.3. The second-order valence-corrected chi connectivity index (χ2v) is 5.29. The number of nitro groups is 1. The summed E-state index contributed by atoms with van der Waals surface area (Å²) in [5, 5.41) is 17.5. The minimum atomic E-state index is -0.569.